The summed E-state index contributed by atoms with van der Waals surface area (Å²) in [5.74, 6) is -0.284. The molecule has 3 nitrogen and oxygen atoms in total. The summed E-state index contributed by atoms with van der Waals surface area (Å²) in [7, 11) is 0. The van der Waals surface area contributed by atoms with E-state index in [1.807, 2.05) is 0 Å². The van der Waals surface area contributed by atoms with Crippen molar-refractivity contribution in [1.29, 1.82) is 0 Å². The number of rotatable bonds is 5. The van der Waals surface area contributed by atoms with Crippen LogP contribution in [0.2, 0.25) is 0 Å². The molecule has 13 heavy (non-hydrogen) atoms. The van der Waals surface area contributed by atoms with Crippen molar-refractivity contribution in [3.63, 3.8) is 0 Å². The lowest BCUT2D eigenvalue weighted by atomic mass is 10.2. The van der Waals surface area contributed by atoms with Crippen molar-refractivity contribution < 1.29 is 14.3 Å². The molecule has 2 atom stereocenters. The van der Waals surface area contributed by atoms with Crippen LogP contribution in [0.5, 0.6) is 0 Å². The molecule has 0 radical (unpaired) electrons. The van der Waals surface area contributed by atoms with Crippen LogP contribution in [0.3, 0.4) is 0 Å². The first-order chi connectivity index (χ1) is 6.27. The molecule has 0 saturated carbocycles. The maximum atomic E-state index is 10.9. The summed E-state index contributed by atoms with van der Waals surface area (Å²) in [6.07, 6.45) is 5.88. The van der Waals surface area contributed by atoms with Crippen molar-refractivity contribution in [2.45, 2.75) is 38.9 Å². The Morgan fingerprint density at radius 3 is 2.92 bits per heavy atom. The Morgan fingerprint density at radius 1 is 1.54 bits per heavy atom. The molecule has 3 heteroatoms. The summed E-state index contributed by atoms with van der Waals surface area (Å²) in [5.41, 5.74) is 0. The van der Waals surface area contributed by atoms with E-state index in [0.29, 0.717) is 12.7 Å². The molecule has 0 bridgehead atoms. The van der Waals surface area contributed by atoms with E-state index in [1.54, 1.807) is 13.0 Å². The first-order valence-corrected chi connectivity index (χ1v) is 4.78. The molecule has 0 aliphatic carbocycles. The minimum absolute atomic E-state index is 0.143. The van der Waals surface area contributed by atoms with E-state index < -0.39 is 0 Å². The van der Waals surface area contributed by atoms with Gasteiger partial charge in [0.05, 0.1) is 12.7 Å². The van der Waals surface area contributed by atoms with Crippen LogP contribution in [-0.2, 0) is 14.3 Å². The van der Waals surface area contributed by atoms with Gasteiger partial charge in [0.2, 0.25) is 0 Å². The summed E-state index contributed by atoms with van der Waals surface area (Å²) in [6.45, 7) is 4.33. The number of ether oxygens (including phenoxy) is 2. The van der Waals surface area contributed by atoms with Crippen LogP contribution in [0.25, 0.3) is 0 Å². The fraction of sp³-hybridized carbons (Fsp3) is 0.700. The van der Waals surface area contributed by atoms with Gasteiger partial charge in [-0.2, -0.15) is 0 Å². The Balaban J connectivity index is 2.15. The van der Waals surface area contributed by atoms with Gasteiger partial charge in [0, 0.05) is 6.08 Å². The molecule has 2 unspecified atom stereocenters. The first kappa shape index (κ1) is 10.3. The Kier molecular flexibility index (Phi) is 3.96. The molecule has 0 aromatic heterocycles. The monoisotopic (exact) mass is 184 g/mol. The number of esters is 1. The fourth-order valence-corrected chi connectivity index (χ4v) is 1.21. The lowest BCUT2D eigenvalue weighted by Gasteiger charge is -1.92. The number of hydrogen-bond donors (Lipinski definition) is 0. The van der Waals surface area contributed by atoms with E-state index in [4.69, 9.17) is 9.47 Å². The van der Waals surface area contributed by atoms with Gasteiger partial charge in [-0.3, -0.25) is 0 Å². The molecule has 1 rings (SSSR count). The number of epoxide rings is 1. The molecule has 0 aromatic carbocycles. The van der Waals surface area contributed by atoms with Crippen LogP contribution in [0.4, 0.5) is 0 Å². The molecule has 1 aliphatic rings. The minimum atomic E-state index is -0.284. The van der Waals surface area contributed by atoms with Crippen molar-refractivity contribution in [2.75, 3.05) is 6.61 Å². The van der Waals surface area contributed by atoms with E-state index in [1.165, 1.54) is 6.08 Å². The third-order valence-corrected chi connectivity index (χ3v) is 1.90. The van der Waals surface area contributed by atoms with Gasteiger partial charge in [0.1, 0.15) is 6.10 Å². The fourth-order valence-electron chi connectivity index (χ4n) is 1.21. The minimum Gasteiger partial charge on any atom is -0.463 e. The third kappa shape index (κ3) is 3.59. The molecule has 1 heterocycles. The highest BCUT2D eigenvalue weighted by Gasteiger charge is 2.35. The van der Waals surface area contributed by atoms with E-state index in [0.717, 1.165) is 12.8 Å². The zero-order chi connectivity index (χ0) is 9.68. The van der Waals surface area contributed by atoms with Gasteiger partial charge in [-0.1, -0.05) is 13.3 Å². The van der Waals surface area contributed by atoms with Gasteiger partial charge in [-0.05, 0) is 19.4 Å². The largest absolute Gasteiger partial charge is 0.463 e. The van der Waals surface area contributed by atoms with Crippen LogP contribution < -0.4 is 0 Å². The van der Waals surface area contributed by atoms with Crippen LogP contribution in [0.15, 0.2) is 12.2 Å². The van der Waals surface area contributed by atoms with Gasteiger partial charge < -0.3 is 9.47 Å². The quantitative estimate of drug-likeness (QED) is 0.370. The van der Waals surface area contributed by atoms with E-state index in [-0.39, 0.29) is 12.1 Å². The standard InChI is InChI=1S/C10H16O3/c1-3-5-8-9(13-8)6-7-10(11)12-4-2/h6-9H,3-5H2,1-2H3/b7-6+. The van der Waals surface area contributed by atoms with Crippen molar-refractivity contribution in [3.8, 4) is 0 Å². The average molecular weight is 184 g/mol. The second kappa shape index (κ2) is 5.02. The number of carbonyl (C=O) groups excluding carboxylic acids is 1. The van der Waals surface area contributed by atoms with Crippen LogP contribution in [-0.4, -0.2) is 24.8 Å². The Hall–Kier alpha value is -0.830. The topological polar surface area (TPSA) is 38.8 Å². The first-order valence-electron chi connectivity index (χ1n) is 4.78. The molecule has 0 N–H and O–H groups in total. The molecular formula is C10H16O3. The van der Waals surface area contributed by atoms with E-state index >= 15 is 0 Å². The summed E-state index contributed by atoms with van der Waals surface area (Å²) >= 11 is 0. The molecular weight excluding hydrogens is 168 g/mol. The average Bonchev–Trinajstić information content (AvgIpc) is 2.82. The molecule has 74 valence electrons. The summed E-state index contributed by atoms with van der Waals surface area (Å²) in [6, 6.07) is 0. The van der Waals surface area contributed by atoms with Crippen LogP contribution in [0.1, 0.15) is 26.7 Å². The molecule has 0 aromatic rings. The molecule has 1 aliphatic heterocycles. The lowest BCUT2D eigenvalue weighted by molar-refractivity contribution is -0.137. The summed E-state index contributed by atoms with van der Waals surface area (Å²) in [5, 5.41) is 0. The second-order valence-corrected chi connectivity index (χ2v) is 3.04. The second-order valence-electron chi connectivity index (χ2n) is 3.04. The van der Waals surface area contributed by atoms with Crippen LogP contribution >= 0.6 is 0 Å². The molecule has 0 amide bonds. The zero-order valence-corrected chi connectivity index (χ0v) is 8.16. The third-order valence-electron chi connectivity index (χ3n) is 1.90. The maximum absolute atomic E-state index is 10.9. The van der Waals surface area contributed by atoms with Crippen molar-refractivity contribution in [3.05, 3.63) is 12.2 Å². The highest BCUT2D eigenvalue weighted by molar-refractivity contribution is 5.82. The predicted molar refractivity (Wildman–Crippen MR) is 49.3 cm³/mol. The van der Waals surface area contributed by atoms with Gasteiger partial charge in [0.25, 0.3) is 0 Å². The normalized spacial score (nSPS) is 26.3. The lowest BCUT2D eigenvalue weighted by Crippen LogP contribution is -2.00. The van der Waals surface area contributed by atoms with E-state index in [2.05, 4.69) is 6.92 Å². The predicted octanol–water partition coefficient (Wildman–Crippen LogP) is 1.67. The van der Waals surface area contributed by atoms with Gasteiger partial charge >= 0.3 is 5.97 Å². The SMILES string of the molecule is CCCC1OC1/C=C/C(=O)OCC. The number of hydrogen-bond acceptors (Lipinski definition) is 3. The van der Waals surface area contributed by atoms with Gasteiger partial charge in [-0.15, -0.1) is 0 Å². The Morgan fingerprint density at radius 2 is 2.31 bits per heavy atom. The smallest absolute Gasteiger partial charge is 0.330 e. The van der Waals surface area contributed by atoms with Gasteiger partial charge in [0.15, 0.2) is 0 Å². The van der Waals surface area contributed by atoms with Crippen LogP contribution in [0, 0.1) is 0 Å². The van der Waals surface area contributed by atoms with Crippen molar-refractivity contribution in [1.82, 2.24) is 0 Å². The highest BCUT2D eigenvalue weighted by atomic mass is 16.6. The van der Waals surface area contributed by atoms with Crippen molar-refractivity contribution in [2.24, 2.45) is 0 Å². The summed E-state index contributed by atoms with van der Waals surface area (Å²) in [4.78, 5) is 10.9. The van der Waals surface area contributed by atoms with E-state index in [9.17, 15) is 4.79 Å². The maximum Gasteiger partial charge on any atom is 0.330 e. The highest BCUT2D eigenvalue weighted by Crippen LogP contribution is 2.27. The zero-order valence-electron chi connectivity index (χ0n) is 8.16. The number of carbonyl (C=O) groups is 1. The van der Waals surface area contributed by atoms with Gasteiger partial charge in [-0.25, -0.2) is 4.79 Å². The molecule has 0 spiro atoms. The van der Waals surface area contributed by atoms with Crippen molar-refractivity contribution >= 4 is 5.97 Å². The summed E-state index contributed by atoms with van der Waals surface area (Å²) < 4.78 is 10.0. The molecule has 1 fully saturated rings. The Bertz CT molecular complexity index is 198. The Labute approximate surface area is 78.7 Å². The molecule has 1 saturated heterocycles.